The summed E-state index contributed by atoms with van der Waals surface area (Å²) in [5, 5.41) is 9.60. The molecule has 1 atom stereocenters. The van der Waals surface area contributed by atoms with Crippen LogP contribution < -0.4 is 10.6 Å². The highest BCUT2D eigenvalue weighted by molar-refractivity contribution is 7.09. The van der Waals surface area contributed by atoms with Crippen LogP contribution >= 0.6 is 11.3 Å². The molecule has 106 valence electrons. The molecule has 2 heterocycles. The molecule has 1 aromatic rings. The van der Waals surface area contributed by atoms with Crippen LogP contribution in [0.1, 0.15) is 49.7 Å². The molecule has 5 heteroatoms. The lowest BCUT2D eigenvalue weighted by Crippen LogP contribution is -2.32. The van der Waals surface area contributed by atoms with Crippen LogP contribution in [0.3, 0.4) is 0 Å². The third-order valence-corrected chi connectivity index (χ3v) is 4.56. The van der Waals surface area contributed by atoms with E-state index in [0.29, 0.717) is 24.9 Å². The van der Waals surface area contributed by atoms with E-state index in [9.17, 15) is 4.79 Å². The normalized spacial score (nSPS) is 19.0. The lowest BCUT2D eigenvalue weighted by atomic mass is 10.1. The van der Waals surface area contributed by atoms with Gasteiger partial charge in [-0.05, 0) is 19.4 Å². The molecule has 1 amide bonds. The SMILES string of the molecule is CC(C)c1nc(CCNC(=O)CC2CCCN2)cs1. The number of amides is 1. The summed E-state index contributed by atoms with van der Waals surface area (Å²) < 4.78 is 0. The minimum Gasteiger partial charge on any atom is -0.356 e. The van der Waals surface area contributed by atoms with Gasteiger partial charge in [0.15, 0.2) is 0 Å². The molecule has 1 aromatic heterocycles. The van der Waals surface area contributed by atoms with Gasteiger partial charge in [-0.15, -0.1) is 11.3 Å². The van der Waals surface area contributed by atoms with Gasteiger partial charge in [0.1, 0.15) is 0 Å². The monoisotopic (exact) mass is 281 g/mol. The van der Waals surface area contributed by atoms with E-state index in [1.54, 1.807) is 11.3 Å². The second-order valence-corrected chi connectivity index (χ2v) is 6.32. The Morgan fingerprint density at radius 3 is 3.11 bits per heavy atom. The smallest absolute Gasteiger partial charge is 0.221 e. The molecule has 4 nitrogen and oxygen atoms in total. The maximum absolute atomic E-state index is 11.7. The Morgan fingerprint density at radius 2 is 2.47 bits per heavy atom. The zero-order chi connectivity index (χ0) is 13.7. The Kier molecular flexibility index (Phi) is 5.34. The first kappa shape index (κ1) is 14.5. The molecule has 19 heavy (non-hydrogen) atoms. The highest BCUT2D eigenvalue weighted by atomic mass is 32.1. The number of carbonyl (C=O) groups excluding carboxylic acids is 1. The largest absolute Gasteiger partial charge is 0.356 e. The number of aromatic nitrogens is 1. The molecular formula is C14H23N3OS. The van der Waals surface area contributed by atoms with Crippen molar-refractivity contribution in [2.75, 3.05) is 13.1 Å². The van der Waals surface area contributed by atoms with Crippen molar-refractivity contribution in [2.24, 2.45) is 0 Å². The van der Waals surface area contributed by atoms with Gasteiger partial charge in [0, 0.05) is 36.7 Å². The topological polar surface area (TPSA) is 54.0 Å². The first-order valence-corrected chi connectivity index (χ1v) is 7.97. The summed E-state index contributed by atoms with van der Waals surface area (Å²) in [4.78, 5) is 16.3. The van der Waals surface area contributed by atoms with Crippen molar-refractivity contribution in [1.29, 1.82) is 0 Å². The first-order valence-electron chi connectivity index (χ1n) is 7.09. The van der Waals surface area contributed by atoms with Crippen molar-refractivity contribution in [1.82, 2.24) is 15.6 Å². The number of nitrogens with one attached hydrogen (secondary N) is 2. The average Bonchev–Trinajstić information content (AvgIpc) is 3.00. The molecule has 1 unspecified atom stereocenters. The molecule has 0 saturated carbocycles. The van der Waals surface area contributed by atoms with Crippen molar-refractivity contribution in [3.63, 3.8) is 0 Å². The standard InChI is InChI=1S/C14H23N3OS/c1-10(2)14-17-12(9-19-14)5-7-16-13(18)8-11-4-3-6-15-11/h9-11,15H,3-8H2,1-2H3,(H,16,18). The van der Waals surface area contributed by atoms with Crippen molar-refractivity contribution in [3.05, 3.63) is 16.1 Å². The van der Waals surface area contributed by atoms with Gasteiger partial charge in [-0.3, -0.25) is 4.79 Å². The van der Waals surface area contributed by atoms with Crippen LogP contribution in [-0.4, -0.2) is 30.0 Å². The zero-order valence-corrected chi connectivity index (χ0v) is 12.6. The third-order valence-electron chi connectivity index (χ3n) is 3.36. The molecule has 0 aliphatic carbocycles. The van der Waals surface area contributed by atoms with Gasteiger partial charge in [-0.1, -0.05) is 13.8 Å². The van der Waals surface area contributed by atoms with Gasteiger partial charge in [0.25, 0.3) is 0 Å². The molecule has 1 saturated heterocycles. The fourth-order valence-electron chi connectivity index (χ4n) is 2.26. The molecular weight excluding hydrogens is 258 g/mol. The van der Waals surface area contributed by atoms with Gasteiger partial charge in [-0.2, -0.15) is 0 Å². The van der Waals surface area contributed by atoms with Crippen LogP contribution in [0, 0.1) is 0 Å². The molecule has 2 N–H and O–H groups in total. The minimum absolute atomic E-state index is 0.152. The van der Waals surface area contributed by atoms with Crippen LogP contribution in [-0.2, 0) is 11.2 Å². The fourth-order valence-corrected chi connectivity index (χ4v) is 3.13. The van der Waals surface area contributed by atoms with Gasteiger partial charge >= 0.3 is 0 Å². The van der Waals surface area contributed by atoms with E-state index in [0.717, 1.165) is 25.1 Å². The van der Waals surface area contributed by atoms with E-state index in [1.807, 2.05) is 0 Å². The van der Waals surface area contributed by atoms with E-state index < -0.39 is 0 Å². The summed E-state index contributed by atoms with van der Waals surface area (Å²) in [6, 6.07) is 0.381. The van der Waals surface area contributed by atoms with Crippen LogP contribution in [0.2, 0.25) is 0 Å². The highest BCUT2D eigenvalue weighted by Gasteiger charge is 2.17. The third kappa shape index (κ3) is 4.58. The van der Waals surface area contributed by atoms with Gasteiger partial charge < -0.3 is 10.6 Å². The Labute approximate surface area is 119 Å². The molecule has 1 fully saturated rings. The first-order chi connectivity index (χ1) is 9.15. The second-order valence-electron chi connectivity index (χ2n) is 5.43. The minimum atomic E-state index is 0.152. The molecule has 2 rings (SSSR count). The van der Waals surface area contributed by atoms with Crippen molar-refractivity contribution < 1.29 is 4.79 Å². The quantitative estimate of drug-likeness (QED) is 0.839. The predicted molar refractivity (Wildman–Crippen MR) is 78.6 cm³/mol. The molecule has 0 radical (unpaired) electrons. The summed E-state index contributed by atoms with van der Waals surface area (Å²) in [5.74, 6) is 0.639. The lowest BCUT2D eigenvalue weighted by Gasteiger charge is -2.09. The molecule has 1 aliphatic heterocycles. The number of carbonyl (C=O) groups is 1. The highest BCUT2D eigenvalue weighted by Crippen LogP contribution is 2.19. The summed E-state index contributed by atoms with van der Waals surface area (Å²) >= 11 is 1.71. The summed E-state index contributed by atoms with van der Waals surface area (Å²) in [7, 11) is 0. The van der Waals surface area contributed by atoms with Crippen LogP contribution in [0.5, 0.6) is 0 Å². The lowest BCUT2D eigenvalue weighted by molar-refractivity contribution is -0.121. The number of hydrogen-bond acceptors (Lipinski definition) is 4. The maximum atomic E-state index is 11.7. The van der Waals surface area contributed by atoms with E-state index >= 15 is 0 Å². The molecule has 0 bridgehead atoms. The van der Waals surface area contributed by atoms with E-state index in [4.69, 9.17) is 0 Å². The van der Waals surface area contributed by atoms with Gasteiger partial charge in [-0.25, -0.2) is 4.98 Å². The van der Waals surface area contributed by atoms with E-state index in [2.05, 4.69) is 34.8 Å². The summed E-state index contributed by atoms with van der Waals surface area (Å²) in [6.07, 6.45) is 3.74. The summed E-state index contributed by atoms with van der Waals surface area (Å²) in [5.41, 5.74) is 1.09. The van der Waals surface area contributed by atoms with Crippen LogP contribution in [0.4, 0.5) is 0 Å². The molecule has 0 aromatic carbocycles. The number of rotatable bonds is 6. The zero-order valence-electron chi connectivity index (χ0n) is 11.7. The Hall–Kier alpha value is -0.940. The number of nitrogens with zero attached hydrogens (tertiary/aromatic N) is 1. The van der Waals surface area contributed by atoms with E-state index in [1.165, 1.54) is 11.4 Å². The Balaban J connectivity index is 1.66. The van der Waals surface area contributed by atoms with Crippen LogP contribution in [0.25, 0.3) is 0 Å². The second kappa shape index (κ2) is 7.01. The average molecular weight is 281 g/mol. The molecule has 0 spiro atoms. The number of thiazole rings is 1. The van der Waals surface area contributed by atoms with E-state index in [-0.39, 0.29) is 5.91 Å². The van der Waals surface area contributed by atoms with Gasteiger partial charge in [0.2, 0.25) is 5.91 Å². The van der Waals surface area contributed by atoms with Crippen molar-refractivity contribution >= 4 is 17.2 Å². The molecule has 1 aliphatic rings. The summed E-state index contributed by atoms with van der Waals surface area (Å²) in [6.45, 7) is 6.04. The fraction of sp³-hybridized carbons (Fsp3) is 0.714. The van der Waals surface area contributed by atoms with Crippen molar-refractivity contribution in [3.8, 4) is 0 Å². The van der Waals surface area contributed by atoms with Crippen LogP contribution in [0.15, 0.2) is 5.38 Å². The number of hydrogen-bond donors (Lipinski definition) is 2. The van der Waals surface area contributed by atoms with Gasteiger partial charge in [0.05, 0.1) is 10.7 Å². The predicted octanol–water partition coefficient (Wildman–Crippen LogP) is 2.07. The van der Waals surface area contributed by atoms with Crippen molar-refractivity contribution in [2.45, 2.75) is 51.5 Å². The Morgan fingerprint density at radius 1 is 1.63 bits per heavy atom. The maximum Gasteiger partial charge on any atom is 0.221 e. The Bertz CT molecular complexity index is 411.